The smallest absolute Gasteiger partial charge is 0.228 e. The van der Waals surface area contributed by atoms with Gasteiger partial charge < -0.3 is 11.1 Å². The van der Waals surface area contributed by atoms with Gasteiger partial charge in [0.2, 0.25) is 5.91 Å². The number of amides is 1. The fraction of sp³-hybridized carbons (Fsp3) is 0.417. The molecule has 1 amide bonds. The van der Waals surface area contributed by atoms with Crippen LogP contribution >= 0.6 is 11.8 Å². The van der Waals surface area contributed by atoms with Gasteiger partial charge in [-0.15, -0.1) is 11.8 Å². The summed E-state index contributed by atoms with van der Waals surface area (Å²) in [6.07, 6.45) is 2.79. The van der Waals surface area contributed by atoms with Crippen molar-refractivity contribution in [2.45, 2.75) is 18.2 Å². The lowest BCUT2D eigenvalue weighted by molar-refractivity contribution is -0.119. The van der Waals surface area contributed by atoms with Crippen molar-refractivity contribution >= 4 is 23.4 Å². The SMILES string of the molecule is CCC(CN)C(=O)Nc1ccc(SC)cc1. The molecule has 0 aliphatic heterocycles. The molecule has 0 bridgehead atoms. The summed E-state index contributed by atoms with van der Waals surface area (Å²) in [5.41, 5.74) is 6.35. The summed E-state index contributed by atoms with van der Waals surface area (Å²) in [6.45, 7) is 2.36. The van der Waals surface area contributed by atoms with E-state index in [1.165, 1.54) is 4.90 Å². The van der Waals surface area contributed by atoms with E-state index in [0.717, 1.165) is 12.1 Å². The first-order valence-corrected chi connectivity index (χ1v) is 6.58. The molecule has 0 aromatic heterocycles. The zero-order valence-electron chi connectivity index (χ0n) is 9.69. The molecule has 0 fully saturated rings. The average molecular weight is 238 g/mol. The minimum Gasteiger partial charge on any atom is -0.330 e. The molecule has 1 atom stereocenters. The number of thioether (sulfide) groups is 1. The highest BCUT2D eigenvalue weighted by atomic mass is 32.2. The molecule has 0 saturated heterocycles. The highest BCUT2D eigenvalue weighted by Crippen LogP contribution is 2.18. The van der Waals surface area contributed by atoms with Crippen LogP contribution in [0.3, 0.4) is 0 Å². The molecule has 0 aliphatic rings. The number of carbonyl (C=O) groups is 1. The number of benzene rings is 1. The van der Waals surface area contributed by atoms with E-state index in [1.807, 2.05) is 37.4 Å². The highest BCUT2D eigenvalue weighted by Gasteiger charge is 2.14. The number of carbonyl (C=O) groups excluding carboxylic acids is 1. The van der Waals surface area contributed by atoms with Crippen LogP contribution in [0.1, 0.15) is 13.3 Å². The lowest BCUT2D eigenvalue weighted by atomic mass is 10.1. The normalized spacial score (nSPS) is 12.2. The number of anilines is 1. The Balaban J connectivity index is 2.62. The molecule has 3 N–H and O–H groups in total. The van der Waals surface area contributed by atoms with Gasteiger partial charge in [0, 0.05) is 17.1 Å². The summed E-state index contributed by atoms with van der Waals surface area (Å²) in [5, 5.41) is 2.87. The van der Waals surface area contributed by atoms with E-state index < -0.39 is 0 Å². The van der Waals surface area contributed by atoms with Crippen LogP contribution in [0.15, 0.2) is 29.2 Å². The van der Waals surface area contributed by atoms with Crippen LogP contribution in [0.2, 0.25) is 0 Å². The second-order valence-electron chi connectivity index (χ2n) is 3.56. The summed E-state index contributed by atoms with van der Waals surface area (Å²) in [4.78, 5) is 12.9. The summed E-state index contributed by atoms with van der Waals surface area (Å²) in [5.74, 6) is -0.0953. The van der Waals surface area contributed by atoms with Gasteiger partial charge in [0.25, 0.3) is 0 Å². The molecule has 88 valence electrons. The van der Waals surface area contributed by atoms with Gasteiger partial charge in [-0.3, -0.25) is 4.79 Å². The van der Waals surface area contributed by atoms with Crippen LogP contribution in [0.5, 0.6) is 0 Å². The zero-order valence-corrected chi connectivity index (χ0v) is 10.5. The Labute approximate surface area is 101 Å². The zero-order chi connectivity index (χ0) is 12.0. The van der Waals surface area contributed by atoms with Crippen LogP contribution < -0.4 is 11.1 Å². The lowest BCUT2D eigenvalue weighted by Gasteiger charge is -2.12. The van der Waals surface area contributed by atoms with Gasteiger partial charge in [-0.2, -0.15) is 0 Å². The maximum absolute atomic E-state index is 11.7. The Hall–Kier alpha value is -1.00. The third-order valence-electron chi connectivity index (χ3n) is 2.51. The van der Waals surface area contributed by atoms with E-state index in [2.05, 4.69) is 5.32 Å². The molecule has 0 radical (unpaired) electrons. The van der Waals surface area contributed by atoms with Crippen molar-refractivity contribution in [2.75, 3.05) is 18.1 Å². The minimum atomic E-state index is -0.0970. The van der Waals surface area contributed by atoms with Crippen LogP contribution in [0.4, 0.5) is 5.69 Å². The van der Waals surface area contributed by atoms with Crippen LogP contribution in [-0.2, 0) is 4.79 Å². The predicted octanol–water partition coefficient (Wildman–Crippen LogP) is 2.33. The van der Waals surface area contributed by atoms with Crippen molar-refractivity contribution in [3.8, 4) is 0 Å². The fourth-order valence-electron chi connectivity index (χ4n) is 1.38. The van der Waals surface area contributed by atoms with Gasteiger partial charge in [-0.25, -0.2) is 0 Å². The number of nitrogens with two attached hydrogens (primary N) is 1. The first-order valence-electron chi connectivity index (χ1n) is 5.36. The molecule has 1 rings (SSSR count). The molecule has 1 unspecified atom stereocenters. The summed E-state index contributed by atoms with van der Waals surface area (Å²) < 4.78 is 0. The number of hydrogen-bond donors (Lipinski definition) is 2. The Kier molecular flexibility index (Phi) is 5.35. The van der Waals surface area contributed by atoms with Crippen molar-refractivity contribution in [3.05, 3.63) is 24.3 Å². The Morgan fingerprint density at radius 1 is 1.44 bits per heavy atom. The molecule has 0 spiro atoms. The molecular formula is C12H18N2OS. The summed E-state index contributed by atoms with van der Waals surface area (Å²) >= 11 is 1.68. The van der Waals surface area contributed by atoms with Gasteiger partial charge in [-0.1, -0.05) is 6.92 Å². The largest absolute Gasteiger partial charge is 0.330 e. The molecular weight excluding hydrogens is 220 g/mol. The number of hydrogen-bond acceptors (Lipinski definition) is 3. The second-order valence-corrected chi connectivity index (χ2v) is 4.44. The topological polar surface area (TPSA) is 55.1 Å². The molecule has 3 nitrogen and oxygen atoms in total. The third kappa shape index (κ3) is 3.54. The van der Waals surface area contributed by atoms with E-state index >= 15 is 0 Å². The maximum Gasteiger partial charge on any atom is 0.228 e. The molecule has 16 heavy (non-hydrogen) atoms. The van der Waals surface area contributed by atoms with Gasteiger partial charge in [0.1, 0.15) is 0 Å². The van der Waals surface area contributed by atoms with Crippen LogP contribution in [0.25, 0.3) is 0 Å². The predicted molar refractivity (Wildman–Crippen MR) is 69.7 cm³/mol. The van der Waals surface area contributed by atoms with E-state index in [1.54, 1.807) is 11.8 Å². The van der Waals surface area contributed by atoms with Crippen molar-refractivity contribution in [1.29, 1.82) is 0 Å². The first-order chi connectivity index (χ1) is 7.71. The Bertz CT molecular complexity index is 333. The van der Waals surface area contributed by atoms with Gasteiger partial charge in [0.05, 0.1) is 5.92 Å². The average Bonchev–Trinajstić information content (AvgIpc) is 2.31. The van der Waals surface area contributed by atoms with E-state index in [0.29, 0.717) is 6.54 Å². The van der Waals surface area contributed by atoms with Crippen molar-refractivity contribution < 1.29 is 4.79 Å². The minimum absolute atomic E-state index is 0.00176. The maximum atomic E-state index is 11.7. The summed E-state index contributed by atoms with van der Waals surface area (Å²) in [6, 6.07) is 7.80. The van der Waals surface area contributed by atoms with Crippen molar-refractivity contribution in [3.63, 3.8) is 0 Å². The van der Waals surface area contributed by atoms with Gasteiger partial charge in [-0.05, 0) is 36.9 Å². The van der Waals surface area contributed by atoms with E-state index in [-0.39, 0.29) is 11.8 Å². The van der Waals surface area contributed by atoms with Crippen LogP contribution in [0, 0.1) is 5.92 Å². The second kappa shape index (κ2) is 6.55. The Morgan fingerprint density at radius 3 is 2.50 bits per heavy atom. The van der Waals surface area contributed by atoms with E-state index in [9.17, 15) is 4.79 Å². The molecule has 0 aliphatic carbocycles. The number of nitrogens with one attached hydrogen (secondary N) is 1. The highest BCUT2D eigenvalue weighted by molar-refractivity contribution is 7.98. The molecule has 1 aromatic rings. The third-order valence-corrected chi connectivity index (χ3v) is 3.25. The van der Waals surface area contributed by atoms with E-state index in [4.69, 9.17) is 5.73 Å². The standard InChI is InChI=1S/C12H18N2OS/c1-3-9(8-13)12(15)14-10-4-6-11(16-2)7-5-10/h4-7,9H,3,8,13H2,1-2H3,(H,14,15). The fourth-order valence-corrected chi connectivity index (χ4v) is 1.79. The number of rotatable bonds is 5. The molecule has 0 heterocycles. The molecule has 1 aromatic carbocycles. The quantitative estimate of drug-likeness (QED) is 0.774. The molecule has 4 heteroatoms. The first kappa shape index (κ1) is 13.1. The van der Waals surface area contributed by atoms with Crippen molar-refractivity contribution in [2.24, 2.45) is 11.7 Å². The molecule has 0 saturated carbocycles. The summed E-state index contributed by atoms with van der Waals surface area (Å²) in [7, 11) is 0. The van der Waals surface area contributed by atoms with Gasteiger partial charge >= 0.3 is 0 Å². The Morgan fingerprint density at radius 2 is 2.06 bits per heavy atom. The van der Waals surface area contributed by atoms with Crippen molar-refractivity contribution in [1.82, 2.24) is 0 Å². The van der Waals surface area contributed by atoms with Crippen LogP contribution in [-0.4, -0.2) is 18.7 Å². The van der Waals surface area contributed by atoms with Gasteiger partial charge in [0.15, 0.2) is 0 Å². The lowest BCUT2D eigenvalue weighted by Crippen LogP contribution is -2.28. The monoisotopic (exact) mass is 238 g/mol.